The number of anilines is 2. The molecule has 1 N–H and O–H groups in total. The fraction of sp³-hybridized carbons (Fsp3) is 0.278. The second kappa shape index (κ2) is 7.62. The average molecular weight is 408 g/mol. The first-order valence-electron chi connectivity index (χ1n) is 8.04. The van der Waals surface area contributed by atoms with Crippen LogP contribution in [0.25, 0.3) is 22.2 Å². The third kappa shape index (κ3) is 3.40. The van der Waals surface area contributed by atoms with E-state index in [-0.39, 0.29) is 0 Å². The third-order valence-corrected chi connectivity index (χ3v) is 4.77. The van der Waals surface area contributed by atoms with Crippen LogP contribution in [0.15, 0.2) is 18.3 Å². The molecular weight excluding hydrogens is 389 g/mol. The molecule has 9 heteroatoms. The maximum absolute atomic E-state index is 6.55. The summed E-state index contributed by atoms with van der Waals surface area (Å²) in [6.07, 6.45) is 1.73. The standard InChI is InChI=1S/C18H19Cl2N5O2/c1-21-18-22-8-9-6-10(23-17(25(2)3)16(9)24-18)13-14(19)11(26-4)7-12(27-5)15(13)20/h6-8H,1-5H3,(H,21,22,24). The molecule has 0 aliphatic carbocycles. The van der Waals surface area contributed by atoms with Gasteiger partial charge in [-0.1, -0.05) is 23.2 Å². The summed E-state index contributed by atoms with van der Waals surface area (Å²) >= 11 is 13.1. The van der Waals surface area contributed by atoms with Gasteiger partial charge in [0.15, 0.2) is 5.82 Å². The van der Waals surface area contributed by atoms with Gasteiger partial charge >= 0.3 is 0 Å². The predicted octanol–water partition coefficient (Wildman–Crippen LogP) is 4.12. The molecule has 3 rings (SSSR count). The van der Waals surface area contributed by atoms with Crippen molar-refractivity contribution in [1.29, 1.82) is 0 Å². The zero-order valence-electron chi connectivity index (χ0n) is 15.6. The molecule has 0 spiro atoms. The smallest absolute Gasteiger partial charge is 0.223 e. The van der Waals surface area contributed by atoms with Crippen LogP contribution in [0, 0.1) is 0 Å². The van der Waals surface area contributed by atoms with Gasteiger partial charge in [-0.2, -0.15) is 0 Å². The van der Waals surface area contributed by atoms with Crippen LogP contribution >= 0.6 is 23.2 Å². The maximum Gasteiger partial charge on any atom is 0.223 e. The first-order valence-corrected chi connectivity index (χ1v) is 8.80. The summed E-state index contributed by atoms with van der Waals surface area (Å²) in [6.45, 7) is 0. The van der Waals surface area contributed by atoms with Gasteiger partial charge in [-0.05, 0) is 6.07 Å². The number of methoxy groups -OCH3 is 2. The molecule has 0 aliphatic heterocycles. The molecule has 0 aliphatic rings. The topological polar surface area (TPSA) is 72.4 Å². The number of pyridine rings is 1. The van der Waals surface area contributed by atoms with Crippen molar-refractivity contribution < 1.29 is 9.47 Å². The van der Waals surface area contributed by atoms with Crippen molar-refractivity contribution >= 4 is 45.9 Å². The lowest BCUT2D eigenvalue weighted by atomic mass is 10.1. The minimum absolute atomic E-state index is 0.354. The monoisotopic (exact) mass is 407 g/mol. The quantitative estimate of drug-likeness (QED) is 0.681. The van der Waals surface area contributed by atoms with Crippen LogP contribution in [0.2, 0.25) is 10.0 Å². The van der Waals surface area contributed by atoms with Crippen LogP contribution in [-0.4, -0.2) is 50.3 Å². The van der Waals surface area contributed by atoms with Gasteiger partial charge in [-0.15, -0.1) is 0 Å². The summed E-state index contributed by atoms with van der Waals surface area (Å²) in [4.78, 5) is 15.4. The Morgan fingerprint density at radius 2 is 1.63 bits per heavy atom. The molecule has 0 bridgehead atoms. The van der Waals surface area contributed by atoms with Crippen LogP contribution in [0.4, 0.5) is 11.8 Å². The van der Waals surface area contributed by atoms with E-state index >= 15 is 0 Å². The largest absolute Gasteiger partial charge is 0.495 e. The van der Waals surface area contributed by atoms with Gasteiger partial charge in [-0.25, -0.2) is 15.0 Å². The summed E-state index contributed by atoms with van der Waals surface area (Å²) in [7, 11) is 8.61. The zero-order chi connectivity index (χ0) is 19.7. The lowest BCUT2D eigenvalue weighted by Gasteiger charge is -2.18. The number of nitrogens with one attached hydrogen (secondary N) is 1. The van der Waals surface area contributed by atoms with E-state index in [2.05, 4.69) is 15.3 Å². The SMILES string of the molecule is CNc1ncc2cc(-c3c(Cl)c(OC)cc(OC)c3Cl)nc(N(C)C)c2n1. The molecule has 2 aromatic heterocycles. The van der Waals surface area contributed by atoms with E-state index in [9.17, 15) is 0 Å². The summed E-state index contributed by atoms with van der Waals surface area (Å²) < 4.78 is 10.7. The highest BCUT2D eigenvalue weighted by Crippen LogP contribution is 2.46. The normalized spacial score (nSPS) is 10.8. The van der Waals surface area contributed by atoms with Crippen LogP contribution < -0.4 is 19.7 Å². The molecule has 0 unspecified atom stereocenters. The molecule has 1 aromatic carbocycles. The van der Waals surface area contributed by atoms with E-state index < -0.39 is 0 Å². The highest BCUT2D eigenvalue weighted by molar-refractivity contribution is 6.41. The Labute approximate surface area is 167 Å². The molecule has 2 heterocycles. The minimum Gasteiger partial charge on any atom is -0.495 e. The number of ether oxygens (including phenoxy) is 2. The summed E-state index contributed by atoms with van der Waals surface area (Å²) in [5, 5.41) is 4.45. The van der Waals surface area contributed by atoms with Crippen molar-refractivity contribution in [3.8, 4) is 22.8 Å². The summed E-state index contributed by atoms with van der Waals surface area (Å²) in [5.74, 6) is 2.07. The molecule has 0 radical (unpaired) electrons. The summed E-state index contributed by atoms with van der Waals surface area (Å²) in [6, 6.07) is 3.48. The number of fused-ring (bicyclic) bond motifs is 1. The van der Waals surface area contributed by atoms with Crippen LogP contribution in [0.5, 0.6) is 11.5 Å². The van der Waals surface area contributed by atoms with Gasteiger partial charge in [0.25, 0.3) is 0 Å². The number of aromatic nitrogens is 3. The van der Waals surface area contributed by atoms with E-state index in [1.54, 1.807) is 19.3 Å². The second-order valence-electron chi connectivity index (χ2n) is 5.89. The number of hydrogen-bond donors (Lipinski definition) is 1. The number of nitrogens with zero attached hydrogens (tertiary/aromatic N) is 4. The molecule has 27 heavy (non-hydrogen) atoms. The van der Waals surface area contributed by atoms with Gasteiger partial charge in [-0.3, -0.25) is 0 Å². The highest BCUT2D eigenvalue weighted by Gasteiger charge is 2.22. The first-order chi connectivity index (χ1) is 12.9. The Hall–Kier alpha value is -2.51. The molecule has 0 saturated carbocycles. The van der Waals surface area contributed by atoms with Gasteiger partial charge in [0, 0.05) is 44.4 Å². The van der Waals surface area contributed by atoms with Gasteiger partial charge in [0.1, 0.15) is 17.0 Å². The fourth-order valence-electron chi connectivity index (χ4n) is 2.69. The van der Waals surface area contributed by atoms with Gasteiger partial charge in [0.05, 0.1) is 30.0 Å². The minimum atomic E-state index is 0.354. The molecule has 3 aromatic rings. The maximum atomic E-state index is 6.55. The number of benzene rings is 1. The molecule has 0 fully saturated rings. The molecule has 0 amide bonds. The second-order valence-corrected chi connectivity index (χ2v) is 6.65. The van der Waals surface area contributed by atoms with Crippen molar-refractivity contribution in [1.82, 2.24) is 15.0 Å². The van der Waals surface area contributed by atoms with E-state index in [1.807, 2.05) is 25.1 Å². The molecule has 142 valence electrons. The van der Waals surface area contributed by atoms with Crippen LogP contribution in [0.3, 0.4) is 0 Å². The Kier molecular flexibility index (Phi) is 5.43. The third-order valence-electron chi connectivity index (χ3n) is 4.02. The van der Waals surface area contributed by atoms with Crippen molar-refractivity contribution in [2.75, 3.05) is 45.6 Å². The summed E-state index contributed by atoms with van der Waals surface area (Å²) in [5.41, 5.74) is 1.81. The van der Waals surface area contributed by atoms with Crippen molar-refractivity contribution in [3.63, 3.8) is 0 Å². The van der Waals surface area contributed by atoms with Crippen molar-refractivity contribution in [2.24, 2.45) is 0 Å². The molecular formula is C18H19Cl2N5O2. The highest BCUT2D eigenvalue weighted by atomic mass is 35.5. The Bertz CT molecular complexity index is 983. The van der Waals surface area contributed by atoms with E-state index in [1.165, 1.54) is 14.2 Å². The van der Waals surface area contributed by atoms with Crippen molar-refractivity contribution in [2.45, 2.75) is 0 Å². The predicted molar refractivity (Wildman–Crippen MR) is 110 cm³/mol. The van der Waals surface area contributed by atoms with E-state index in [0.29, 0.717) is 50.1 Å². The Morgan fingerprint density at radius 3 is 2.15 bits per heavy atom. The average Bonchev–Trinajstić information content (AvgIpc) is 2.67. The zero-order valence-corrected chi connectivity index (χ0v) is 17.1. The van der Waals surface area contributed by atoms with Crippen LogP contribution in [0.1, 0.15) is 0 Å². The Morgan fingerprint density at radius 1 is 1.00 bits per heavy atom. The lowest BCUT2D eigenvalue weighted by Crippen LogP contribution is -2.13. The molecule has 0 atom stereocenters. The number of halogens is 2. The first kappa shape index (κ1) is 19.3. The lowest BCUT2D eigenvalue weighted by molar-refractivity contribution is 0.395. The Balaban J connectivity index is 2.36. The molecule has 7 nitrogen and oxygen atoms in total. The van der Waals surface area contributed by atoms with E-state index in [0.717, 1.165) is 5.39 Å². The van der Waals surface area contributed by atoms with Gasteiger partial charge in [0.2, 0.25) is 5.95 Å². The van der Waals surface area contributed by atoms with E-state index in [4.69, 9.17) is 37.7 Å². The van der Waals surface area contributed by atoms with Crippen molar-refractivity contribution in [3.05, 3.63) is 28.4 Å². The van der Waals surface area contributed by atoms with Crippen LogP contribution in [-0.2, 0) is 0 Å². The fourth-order valence-corrected chi connectivity index (χ4v) is 3.39. The molecule has 0 saturated heterocycles. The number of rotatable bonds is 5. The van der Waals surface area contributed by atoms with Gasteiger partial charge < -0.3 is 19.7 Å². The number of hydrogen-bond acceptors (Lipinski definition) is 7.